The minimum Gasteiger partial charge on any atom is -0.302 e. The van der Waals surface area contributed by atoms with Crippen LogP contribution in [-0.2, 0) is 24.1 Å². The number of amides is 1. The number of carbonyl (C=O) groups excluding carboxylic acids is 1. The number of nitrogens with zero attached hydrogens (tertiary/aromatic N) is 1. The molecule has 1 N–H and O–H groups in total. The third-order valence-electron chi connectivity index (χ3n) is 5.61. The van der Waals surface area contributed by atoms with Crippen molar-refractivity contribution >= 4 is 43.4 Å². The second kappa shape index (κ2) is 6.71. The van der Waals surface area contributed by atoms with E-state index in [9.17, 15) is 4.79 Å². The molecule has 3 aromatic carbocycles. The molecule has 0 unspecified atom stereocenters. The third-order valence-corrected chi connectivity index (χ3v) is 6.52. The normalized spacial score (nSPS) is 13.0. The van der Waals surface area contributed by atoms with Crippen LogP contribution in [-0.4, -0.2) is 10.9 Å². The molecule has 1 amide bonds. The maximum atomic E-state index is 12.5. The van der Waals surface area contributed by atoms with Gasteiger partial charge in [-0.05, 0) is 52.5 Å². The van der Waals surface area contributed by atoms with Crippen molar-refractivity contribution in [1.29, 1.82) is 0 Å². The summed E-state index contributed by atoms with van der Waals surface area (Å²) < 4.78 is 1.15. The summed E-state index contributed by atoms with van der Waals surface area (Å²) in [4.78, 5) is 17.3. The molecule has 0 bridgehead atoms. The molecular weight excluding hydrogens is 364 g/mol. The average Bonchev–Trinajstić information content (AvgIpc) is 3.27. The lowest BCUT2D eigenvalue weighted by Gasteiger charge is -2.06. The van der Waals surface area contributed by atoms with Crippen LogP contribution >= 0.6 is 11.3 Å². The fourth-order valence-corrected chi connectivity index (χ4v) is 5.09. The van der Waals surface area contributed by atoms with Gasteiger partial charge in [0.25, 0.3) is 0 Å². The topological polar surface area (TPSA) is 42.0 Å². The standard InChI is InChI=1S/C24H22N2OS/c1-14(2)16-8-6-15(7-9-16)12-21(27)25-24-26-23-19-5-3-4-17-10-11-18(22(17)19)13-20(23)28-24/h3-9,13-14H,10-12H2,1-2H3,(H,25,26,27). The van der Waals surface area contributed by atoms with Gasteiger partial charge in [0.1, 0.15) is 0 Å². The highest BCUT2D eigenvalue weighted by atomic mass is 32.1. The summed E-state index contributed by atoms with van der Waals surface area (Å²) in [5.74, 6) is 0.478. The Morgan fingerprint density at radius 1 is 1.11 bits per heavy atom. The number of carbonyl (C=O) groups is 1. The van der Waals surface area contributed by atoms with Crippen LogP contribution in [0.3, 0.4) is 0 Å². The van der Waals surface area contributed by atoms with Gasteiger partial charge in [-0.25, -0.2) is 4.98 Å². The molecule has 3 nitrogen and oxygen atoms in total. The van der Waals surface area contributed by atoms with Gasteiger partial charge in [0.15, 0.2) is 5.13 Å². The number of aryl methyl sites for hydroxylation is 2. The molecule has 4 aromatic rings. The van der Waals surface area contributed by atoms with Gasteiger partial charge in [0.2, 0.25) is 5.91 Å². The molecule has 1 heterocycles. The summed E-state index contributed by atoms with van der Waals surface area (Å²) in [7, 11) is 0. The van der Waals surface area contributed by atoms with Gasteiger partial charge in [0.05, 0.1) is 16.6 Å². The van der Waals surface area contributed by atoms with Gasteiger partial charge in [0, 0.05) is 5.39 Å². The molecule has 28 heavy (non-hydrogen) atoms. The highest BCUT2D eigenvalue weighted by Gasteiger charge is 2.19. The van der Waals surface area contributed by atoms with Crippen molar-refractivity contribution in [3.05, 3.63) is 70.8 Å². The number of benzene rings is 3. The molecular formula is C24H22N2OS. The van der Waals surface area contributed by atoms with Crippen molar-refractivity contribution < 1.29 is 4.79 Å². The number of fused-ring (bicyclic) bond motifs is 2. The Morgan fingerprint density at radius 3 is 2.68 bits per heavy atom. The fraction of sp³-hybridized carbons (Fsp3) is 0.250. The minimum absolute atomic E-state index is 0.0198. The van der Waals surface area contributed by atoms with E-state index in [-0.39, 0.29) is 5.91 Å². The summed E-state index contributed by atoms with van der Waals surface area (Å²) in [5.41, 5.74) is 6.14. The molecule has 140 valence electrons. The maximum Gasteiger partial charge on any atom is 0.230 e. The number of anilines is 1. The maximum absolute atomic E-state index is 12.5. The molecule has 1 aliphatic rings. The quantitative estimate of drug-likeness (QED) is 0.478. The summed E-state index contributed by atoms with van der Waals surface area (Å²) in [5, 5.41) is 6.26. The van der Waals surface area contributed by atoms with Crippen LogP contribution < -0.4 is 5.32 Å². The highest BCUT2D eigenvalue weighted by molar-refractivity contribution is 7.22. The van der Waals surface area contributed by atoms with Crippen LogP contribution in [0.15, 0.2) is 48.5 Å². The number of nitrogens with one attached hydrogen (secondary N) is 1. The summed E-state index contributed by atoms with van der Waals surface area (Å²) in [6.07, 6.45) is 2.57. The van der Waals surface area contributed by atoms with Gasteiger partial charge < -0.3 is 5.32 Å². The Kier molecular flexibility index (Phi) is 4.17. The lowest BCUT2D eigenvalue weighted by Crippen LogP contribution is -2.14. The van der Waals surface area contributed by atoms with E-state index in [4.69, 9.17) is 4.98 Å². The zero-order valence-corrected chi connectivity index (χ0v) is 16.9. The lowest BCUT2D eigenvalue weighted by atomic mass is 10.0. The van der Waals surface area contributed by atoms with Crippen molar-refractivity contribution in [3.63, 3.8) is 0 Å². The molecule has 0 spiro atoms. The van der Waals surface area contributed by atoms with Gasteiger partial charge in [-0.2, -0.15) is 0 Å². The van der Waals surface area contributed by atoms with Crippen LogP contribution in [0.25, 0.3) is 21.0 Å². The number of thiazole rings is 1. The molecule has 4 heteroatoms. The van der Waals surface area contributed by atoms with Crippen molar-refractivity contribution in [3.8, 4) is 0 Å². The van der Waals surface area contributed by atoms with Gasteiger partial charge in [-0.1, -0.05) is 67.6 Å². The second-order valence-electron chi connectivity index (χ2n) is 7.86. The molecule has 0 atom stereocenters. The number of hydrogen-bond acceptors (Lipinski definition) is 3. The highest BCUT2D eigenvalue weighted by Crippen LogP contribution is 2.39. The number of aromatic nitrogens is 1. The Balaban J connectivity index is 1.40. The van der Waals surface area contributed by atoms with Gasteiger partial charge in [-0.15, -0.1) is 0 Å². The Labute approximate surface area is 168 Å². The Hall–Kier alpha value is -2.72. The van der Waals surface area contributed by atoms with E-state index >= 15 is 0 Å². The Bertz CT molecular complexity index is 1200. The molecule has 0 aliphatic heterocycles. The van der Waals surface area contributed by atoms with Crippen molar-refractivity contribution in [1.82, 2.24) is 4.98 Å². The lowest BCUT2D eigenvalue weighted by molar-refractivity contribution is -0.115. The monoisotopic (exact) mass is 386 g/mol. The van der Waals surface area contributed by atoms with Crippen LogP contribution in [0.2, 0.25) is 0 Å². The van der Waals surface area contributed by atoms with E-state index < -0.39 is 0 Å². The Morgan fingerprint density at radius 2 is 1.89 bits per heavy atom. The molecule has 0 radical (unpaired) electrons. The third kappa shape index (κ3) is 2.98. The van der Waals surface area contributed by atoms with Crippen molar-refractivity contribution in [2.24, 2.45) is 0 Å². The van der Waals surface area contributed by atoms with E-state index in [1.165, 1.54) is 27.5 Å². The average molecular weight is 387 g/mol. The van der Waals surface area contributed by atoms with E-state index in [1.807, 2.05) is 12.1 Å². The first-order valence-corrected chi connectivity index (χ1v) is 10.6. The van der Waals surface area contributed by atoms with E-state index in [0.717, 1.165) is 28.6 Å². The summed E-state index contributed by atoms with van der Waals surface area (Å²) in [6.45, 7) is 4.35. The van der Waals surface area contributed by atoms with Crippen LogP contribution in [0.4, 0.5) is 5.13 Å². The SMILES string of the molecule is CC(C)c1ccc(CC(=O)Nc2nc3c(cc4c5c(cccc53)CC4)s2)cc1. The molecule has 5 rings (SSSR count). The molecule has 1 aromatic heterocycles. The minimum atomic E-state index is -0.0198. The van der Waals surface area contributed by atoms with Gasteiger partial charge >= 0.3 is 0 Å². The van der Waals surface area contributed by atoms with E-state index in [0.29, 0.717) is 17.5 Å². The second-order valence-corrected chi connectivity index (χ2v) is 8.89. The largest absolute Gasteiger partial charge is 0.302 e. The first-order valence-electron chi connectivity index (χ1n) is 9.81. The fourth-order valence-electron chi connectivity index (χ4n) is 4.13. The van der Waals surface area contributed by atoms with Crippen molar-refractivity contribution in [2.45, 2.75) is 39.0 Å². The predicted octanol–water partition coefficient (Wildman–Crippen LogP) is 5.85. The number of hydrogen-bond donors (Lipinski definition) is 1. The van der Waals surface area contributed by atoms with Crippen LogP contribution in [0, 0.1) is 0 Å². The van der Waals surface area contributed by atoms with E-state index in [1.54, 1.807) is 11.3 Å². The smallest absolute Gasteiger partial charge is 0.230 e. The first-order chi connectivity index (χ1) is 13.6. The van der Waals surface area contributed by atoms with Gasteiger partial charge in [-0.3, -0.25) is 4.79 Å². The molecule has 0 fully saturated rings. The van der Waals surface area contributed by atoms with Crippen molar-refractivity contribution in [2.75, 3.05) is 5.32 Å². The van der Waals surface area contributed by atoms with Crippen LogP contribution in [0.5, 0.6) is 0 Å². The molecule has 0 saturated heterocycles. The number of rotatable bonds is 4. The predicted molar refractivity (Wildman–Crippen MR) is 117 cm³/mol. The van der Waals surface area contributed by atoms with E-state index in [2.05, 4.69) is 55.6 Å². The zero-order chi connectivity index (χ0) is 19.3. The van der Waals surface area contributed by atoms with Crippen LogP contribution in [0.1, 0.15) is 42.0 Å². The molecule has 1 aliphatic carbocycles. The zero-order valence-electron chi connectivity index (χ0n) is 16.1. The summed E-state index contributed by atoms with van der Waals surface area (Å²) >= 11 is 1.57. The summed E-state index contributed by atoms with van der Waals surface area (Å²) in [6, 6.07) is 17.0. The molecule has 0 saturated carbocycles. The first kappa shape index (κ1) is 17.4.